The van der Waals surface area contributed by atoms with Crippen LogP contribution in [0.15, 0.2) is 30.5 Å². The molecule has 0 bridgehead atoms. The Balaban J connectivity index is 1.89. The molecule has 0 fully saturated rings. The average Bonchev–Trinajstić information content (AvgIpc) is 2.83. The molecule has 106 valence electrons. The summed E-state index contributed by atoms with van der Waals surface area (Å²) in [6.45, 7) is 6.36. The third-order valence-electron chi connectivity index (χ3n) is 2.92. The van der Waals surface area contributed by atoms with Crippen molar-refractivity contribution in [2.24, 2.45) is 5.92 Å². The summed E-state index contributed by atoms with van der Waals surface area (Å²) < 4.78 is 0. The van der Waals surface area contributed by atoms with Crippen LogP contribution in [0.3, 0.4) is 0 Å². The number of carbonyl (C=O) groups is 1. The van der Waals surface area contributed by atoms with Crippen molar-refractivity contribution in [1.82, 2.24) is 9.97 Å². The molecule has 0 aliphatic rings. The van der Waals surface area contributed by atoms with Crippen LogP contribution < -0.4 is 10.6 Å². The van der Waals surface area contributed by atoms with E-state index in [1.165, 1.54) is 0 Å². The quantitative estimate of drug-likeness (QED) is 0.783. The molecule has 0 aliphatic carbocycles. The van der Waals surface area contributed by atoms with Crippen molar-refractivity contribution < 1.29 is 4.79 Å². The second kappa shape index (κ2) is 6.23. The van der Waals surface area contributed by atoms with Gasteiger partial charge in [-0.25, -0.2) is 4.98 Å². The number of nitrogens with one attached hydrogen (secondary N) is 3. The maximum atomic E-state index is 11.6. The molecule has 1 aromatic carbocycles. The van der Waals surface area contributed by atoms with E-state index >= 15 is 0 Å². The number of anilines is 2. The molecule has 0 saturated heterocycles. The number of amides is 1. The molecule has 1 aromatic heterocycles. The van der Waals surface area contributed by atoms with Gasteiger partial charge in [-0.15, -0.1) is 0 Å². The minimum atomic E-state index is -0.0172. The van der Waals surface area contributed by atoms with Crippen LogP contribution in [-0.4, -0.2) is 15.9 Å². The molecule has 0 unspecified atom stereocenters. The molecular formula is C15H20N4O. The lowest BCUT2D eigenvalue weighted by Gasteiger charge is -2.09. The van der Waals surface area contributed by atoms with Crippen molar-refractivity contribution in [2.45, 2.75) is 27.3 Å². The molecular weight excluding hydrogens is 252 g/mol. The van der Waals surface area contributed by atoms with E-state index < -0.39 is 0 Å². The summed E-state index contributed by atoms with van der Waals surface area (Å²) in [6.07, 6.45) is 1.82. The molecule has 3 N–H and O–H groups in total. The molecule has 0 spiro atoms. The van der Waals surface area contributed by atoms with Crippen molar-refractivity contribution in [3.8, 4) is 0 Å². The Morgan fingerprint density at radius 2 is 1.90 bits per heavy atom. The van der Waals surface area contributed by atoms with Gasteiger partial charge in [0.25, 0.3) is 0 Å². The number of nitrogens with zero attached hydrogens (tertiary/aromatic N) is 1. The van der Waals surface area contributed by atoms with Crippen LogP contribution in [0.4, 0.5) is 11.4 Å². The molecule has 0 aliphatic heterocycles. The molecule has 20 heavy (non-hydrogen) atoms. The zero-order valence-electron chi connectivity index (χ0n) is 12.0. The van der Waals surface area contributed by atoms with E-state index in [4.69, 9.17) is 0 Å². The van der Waals surface area contributed by atoms with Crippen LogP contribution in [0.1, 0.15) is 25.4 Å². The molecule has 5 nitrogen and oxygen atoms in total. The van der Waals surface area contributed by atoms with Crippen molar-refractivity contribution >= 4 is 17.3 Å². The molecule has 2 aromatic rings. The Hall–Kier alpha value is -2.30. The third-order valence-corrected chi connectivity index (χ3v) is 2.92. The first kappa shape index (κ1) is 14.1. The number of aromatic nitrogens is 2. The number of H-pyrrole nitrogens is 1. The normalized spacial score (nSPS) is 10.6. The average molecular weight is 272 g/mol. The van der Waals surface area contributed by atoms with Crippen LogP contribution in [0.5, 0.6) is 0 Å². The lowest BCUT2D eigenvalue weighted by atomic mass is 10.2. The SMILES string of the molecule is Cc1ncc(CNc2ccc(NC(=O)C(C)C)cc2)[nH]1. The van der Waals surface area contributed by atoms with Crippen molar-refractivity contribution in [2.75, 3.05) is 10.6 Å². The van der Waals surface area contributed by atoms with Gasteiger partial charge in [-0.3, -0.25) is 4.79 Å². The van der Waals surface area contributed by atoms with E-state index in [0.29, 0.717) is 6.54 Å². The molecule has 2 rings (SSSR count). The minimum Gasteiger partial charge on any atom is -0.379 e. The second-order valence-electron chi connectivity index (χ2n) is 5.07. The summed E-state index contributed by atoms with van der Waals surface area (Å²) in [6, 6.07) is 7.67. The van der Waals surface area contributed by atoms with Gasteiger partial charge in [0.2, 0.25) is 5.91 Å². The third kappa shape index (κ3) is 3.85. The van der Waals surface area contributed by atoms with Crippen LogP contribution in [-0.2, 0) is 11.3 Å². The highest BCUT2D eigenvalue weighted by Gasteiger charge is 2.06. The Morgan fingerprint density at radius 3 is 2.45 bits per heavy atom. The number of aryl methyl sites for hydroxylation is 1. The summed E-state index contributed by atoms with van der Waals surface area (Å²) in [4.78, 5) is 18.9. The predicted molar refractivity (Wildman–Crippen MR) is 80.6 cm³/mol. The fourth-order valence-corrected chi connectivity index (χ4v) is 1.72. The van der Waals surface area contributed by atoms with Crippen molar-refractivity contribution in [3.63, 3.8) is 0 Å². The van der Waals surface area contributed by atoms with Crippen LogP contribution in [0, 0.1) is 12.8 Å². The molecule has 1 amide bonds. The molecule has 0 radical (unpaired) electrons. The lowest BCUT2D eigenvalue weighted by Crippen LogP contribution is -2.17. The summed E-state index contributed by atoms with van der Waals surface area (Å²) in [5, 5.41) is 6.16. The lowest BCUT2D eigenvalue weighted by molar-refractivity contribution is -0.118. The van der Waals surface area contributed by atoms with Gasteiger partial charge in [-0.05, 0) is 31.2 Å². The maximum absolute atomic E-state index is 11.6. The summed E-state index contributed by atoms with van der Waals surface area (Å²) in [5.41, 5.74) is 2.85. The maximum Gasteiger partial charge on any atom is 0.226 e. The van der Waals surface area contributed by atoms with E-state index in [2.05, 4.69) is 20.6 Å². The van der Waals surface area contributed by atoms with Crippen molar-refractivity contribution in [1.29, 1.82) is 0 Å². The highest BCUT2D eigenvalue weighted by atomic mass is 16.1. The van der Waals surface area contributed by atoms with E-state index in [0.717, 1.165) is 22.9 Å². The van der Waals surface area contributed by atoms with E-state index in [1.54, 1.807) is 0 Å². The fraction of sp³-hybridized carbons (Fsp3) is 0.333. The van der Waals surface area contributed by atoms with Crippen LogP contribution in [0.25, 0.3) is 0 Å². The Labute approximate surface area is 118 Å². The Kier molecular flexibility index (Phi) is 4.40. The standard InChI is InChI=1S/C15H20N4O/c1-10(2)15(20)19-13-6-4-12(5-7-13)17-9-14-8-16-11(3)18-14/h4-8,10,17H,9H2,1-3H3,(H,16,18)(H,19,20). The minimum absolute atomic E-state index is 0.0172. The summed E-state index contributed by atoms with van der Waals surface area (Å²) in [7, 11) is 0. The Bertz CT molecular complexity index is 572. The van der Waals surface area contributed by atoms with Gasteiger partial charge >= 0.3 is 0 Å². The van der Waals surface area contributed by atoms with E-state index in [1.807, 2.05) is 51.2 Å². The van der Waals surface area contributed by atoms with Crippen molar-refractivity contribution in [3.05, 3.63) is 42.0 Å². The van der Waals surface area contributed by atoms with Gasteiger partial charge < -0.3 is 15.6 Å². The highest BCUT2D eigenvalue weighted by molar-refractivity contribution is 5.92. The van der Waals surface area contributed by atoms with Gasteiger partial charge in [0.15, 0.2) is 0 Å². The van der Waals surface area contributed by atoms with Gasteiger partial charge in [0.1, 0.15) is 5.82 Å². The van der Waals surface area contributed by atoms with Gasteiger partial charge in [-0.1, -0.05) is 13.8 Å². The largest absolute Gasteiger partial charge is 0.379 e. The van der Waals surface area contributed by atoms with E-state index in [9.17, 15) is 4.79 Å². The molecule has 1 heterocycles. The summed E-state index contributed by atoms with van der Waals surface area (Å²) >= 11 is 0. The second-order valence-corrected chi connectivity index (χ2v) is 5.07. The number of aromatic amines is 1. The highest BCUT2D eigenvalue weighted by Crippen LogP contribution is 2.15. The summed E-state index contributed by atoms with van der Waals surface area (Å²) in [5.74, 6) is 0.920. The first-order chi connectivity index (χ1) is 9.54. The number of imidazole rings is 1. The predicted octanol–water partition coefficient (Wildman–Crippen LogP) is 2.92. The van der Waals surface area contributed by atoms with Gasteiger partial charge in [-0.2, -0.15) is 0 Å². The number of rotatable bonds is 5. The fourth-order valence-electron chi connectivity index (χ4n) is 1.72. The number of hydrogen-bond acceptors (Lipinski definition) is 3. The monoisotopic (exact) mass is 272 g/mol. The van der Waals surface area contributed by atoms with E-state index in [-0.39, 0.29) is 11.8 Å². The zero-order valence-corrected chi connectivity index (χ0v) is 12.0. The first-order valence-corrected chi connectivity index (χ1v) is 6.70. The Morgan fingerprint density at radius 1 is 1.25 bits per heavy atom. The molecule has 5 heteroatoms. The smallest absolute Gasteiger partial charge is 0.226 e. The molecule has 0 saturated carbocycles. The van der Waals surface area contributed by atoms with Crippen LogP contribution in [0.2, 0.25) is 0 Å². The van der Waals surface area contributed by atoms with Gasteiger partial charge in [0, 0.05) is 17.3 Å². The van der Waals surface area contributed by atoms with Gasteiger partial charge in [0.05, 0.1) is 18.4 Å². The molecule has 0 atom stereocenters. The number of carbonyl (C=O) groups excluding carboxylic acids is 1. The van der Waals surface area contributed by atoms with Crippen LogP contribution >= 0.6 is 0 Å². The number of benzene rings is 1. The topological polar surface area (TPSA) is 69.8 Å². The number of hydrogen-bond donors (Lipinski definition) is 3. The zero-order chi connectivity index (χ0) is 14.5. The first-order valence-electron chi connectivity index (χ1n) is 6.70.